The number of nitrogens with zero attached hydrogens (tertiary/aromatic N) is 1. The number of rotatable bonds is 4. The summed E-state index contributed by atoms with van der Waals surface area (Å²) in [5.41, 5.74) is 20.5. The molecular weight excluding hydrogens is 674 g/mol. The first-order chi connectivity index (χ1) is 26.5. The van der Waals surface area contributed by atoms with Gasteiger partial charge in [-0.3, -0.25) is 0 Å². The summed E-state index contributed by atoms with van der Waals surface area (Å²) in [5, 5.41) is 0.791. The summed E-state index contributed by atoms with van der Waals surface area (Å²) in [6.07, 6.45) is 0. The van der Waals surface area contributed by atoms with Crippen molar-refractivity contribution in [2.45, 2.75) is 24.7 Å². The maximum atomic E-state index is 7.13. The number of hydrogen-bond donors (Lipinski definition) is 0. The van der Waals surface area contributed by atoms with E-state index in [9.17, 15) is 0 Å². The molecule has 3 aliphatic rings. The molecule has 8 aromatic rings. The van der Waals surface area contributed by atoms with Gasteiger partial charge >= 0.3 is 0 Å². The second-order valence-corrected chi connectivity index (χ2v) is 15.7. The van der Waals surface area contributed by atoms with Crippen LogP contribution in [0.25, 0.3) is 44.5 Å². The van der Waals surface area contributed by atoms with Crippen LogP contribution >= 0.6 is 11.6 Å². The Bertz CT molecular complexity index is 2830. The van der Waals surface area contributed by atoms with Crippen molar-refractivity contribution in [2.75, 3.05) is 4.90 Å². The van der Waals surface area contributed by atoms with E-state index in [4.69, 9.17) is 11.6 Å². The molecule has 0 N–H and O–H groups in total. The number of benzene rings is 8. The minimum atomic E-state index is -0.509. The van der Waals surface area contributed by atoms with Crippen molar-refractivity contribution in [1.82, 2.24) is 0 Å². The molecule has 0 aromatic heterocycles. The Morgan fingerprint density at radius 3 is 1.65 bits per heavy atom. The van der Waals surface area contributed by atoms with Gasteiger partial charge in [-0.15, -0.1) is 0 Å². The highest BCUT2D eigenvalue weighted by Crippen LogP contribution is 2.65. The molecule has 0 bridgehead atoms. The Kier molecular flexibility index (Phi) is 6.64. The fraction of sp³-hybridized carbons (Fsp3) is 0.0769. The van der Waals surface area contributed by atoms with Crippen molar-refractivity contribution in [3.05, 3.63) is 220 Å². The van der Waals surface area contributed by atoms with Crippen LogP contribution in [0.2, 0.25) is 5.02 Å². The molecule has 8 aromatic carbocycles. The lowest BCUT2D eigenvalue weighted by Crippen LogP contribution is -2.26. The highest BCUT2D eigenvalue weighted by Gasteiger charge is 2.53. The van der Waals surface area contributed by atoms with Gasteiger partial charge in [0.15, 0.2) is 0 Å². The van der Waals surface area contributed by atoms with Crippen molar-refractivity contribution in [2.24, 2.45) is 0 Å². The maximum absolute atomic E-state index is 7.13. The normalized spacial score (nSPS) is 16.3. The molecule has 54 heavy (non-hydrogen) atoms. The predicted octanol–water partition coefficient (Wildman–Crippen LogP) is 14.1. The summed E-state index contributed by atoms with van der Waals surface area (Å²) < 4.78 is 0. The lowest BCUT2D eigenvalue weighted by molar-refractivity contribution is 0.660. The molecule has 11 rings (SSSR count). The van der Waals surface area contributed by atoms with Crippen LogP contribution in [-0.4, -0.2) is 0 Å². The molecule has 1 atom stereocenters. The number of anilines is 3. The van der Waals surface area contributed by atoms with Gasteiger partial charge < -0.3 is 4.90 Å². The van der Waals surface area contributed by atoms with Crippen LogP contribution in [-0.2, 0) is 10.8 Å². The second-order valence-electron chi connectivity index (χ2n) is 15.3. The Morgan fingerprint density at radius 2 is 0.907 bits per heavy atom. The van der Waals surface area contributed by atoms with Gasteiger partial charge in [0.05, 0.1) is 16.8 Å². The maximum Gasteiger partial charge on any atom is 0.0726 e. The van der Waals surface area contributed by atoms with Gasteiger partial charge in [-0.1, -0.05) is 177 Å². The van der Waals surface area contributed by atoms with E-state index in [1.807, 2.05) is 6.07 Å². The quantitative estimate of drug-likeness (QED) is 0.176. The van der Waals surface area contributed by atoms with Crippen LogP contribution in [0, 0.1) is 0 Å². The van der Waals surface area contributed by atoms with Gasteiger partial charge in [-0.05, 0) is 91.5 Å². The van der Waals surface area contributed by atoms with Crippen LogP contribution < -0.4 is 4.90 Å². The summed E-state index contributed by atoms with van der Waals surface area (Å²) in [6, 6.07) is 67.0. The molecule has 0 heterocycles. The lowest BCUT2D eigenvalue weighted by atomic mass is 9.70. The smallest absolute Gasteiger partial charge is 0.0726 e. The molecule has 2 heteroatoms. The topological polar surface area (TPSA) is 3.24 Å². The third-order valence-electron chi connectivity index (χ3n) is 12.4. The Hall–Kier alpha value is -6.15. The van der Waals surface area contributed by atoms with E-state index in [2.05, 4.69) is 195 Å². The van der Waals surface area contributed by atoms with E-state index >= 15 is 0 Å². The lowest BCUT2D eigenvalue weighted by Gasteiger charge is -2.33. The molecule has 256 valence electrons. The van der Waals surface area contributed by atoms with Crippen molar-refractivity contribution >= 4 is 28.7 Å². The van der Waals surface area contributed by atoms with Gasteiger partial charge in [0, 0.05) is 32.8 Å². The Balaban J connectivity index is 1.24. The zero-order valence-corrected chi connectivity index (χ0v) is 30.9. The third-order valence-corrected chi connectivity index (χ3v) is 12.7. The Morgan fingerprint density at radius 1 is 0.389 bits per heavy atom. The van der Waals surface area contributed by atoms with Crippen molar-refractivity contribution < 1.29 is 0 Å². The SMILES string of the molecule is CC1(C)c2ccccc2-c2ccc(N(c3ccccc3-c3ccccc3)c3cccc4c3-c3ccccc3C43c4ccccc4-c4c(Cl)cccc43)cc21. The van der Waals surface area contributed by atoms with Crippen molar-refractivity contribution in [1.29, 1.82) is 0 Å². The van der Waals surface area contributed by atoms with Crippen LogP contribution in [0.3, 0.4) is 0 Å². The monoisotopic (exact) mass is 709 g/mol. The molecular formula is C52H36ClN. The summed E-state index contributed by atoms with van der Waals surface area (Å²) in [7, 11) is 0. The molecule has 1 unspecified atom stereocenters. The molecule has 1 nitrogen and oxygen atoms in total. The zero-order chi connectivity index (χ0) is 36.2. The minimum Gasteiger partial charge on any atom is -0.309 e. The summed E-state index contributed by atoms with van der Waals surface area (Å²) in [4.78, 5) is 2.52. The first kappa shape index (κ1) is 31.4. The molecule has 0 aliphatic heterocycles. The van der Waals surface area contributed by atoms with Gasteiger partial charge in [-0.2, -0.15) is 0 Å². The molecule has 3 aliphatic carbocycles. The second kappa shape index (κ2) is 11.4. The highest BCUT2D eigenvalue weighted by molar-refractivity contribution is 6.34. The molecule has 0 radical (unpaired) electrons. The molecule has 0 saturated heterocycles. The number of hydrogen-bond acceptors (Lipinski definition) is 1. The van der Waals surface area contributed by atoms with E-state index in [0.717, 1.165) is 27.6 Å². The van der Waals surface area contributed by atoms with Crippen LogP contribution in [0.15, 0.2) is 182 Å². The molecule has 0 saturated carbocycles. The number of halogens is 1. The van der Waals surface area contributed by atoms with Gasteiger partial charge in [0.2, 0.25) is 0 Å². The minimum absolute atomic E-state index is 0.140. The van der Waals surface area contributed by atoms with Crippen LogP contribution in [0.1, 0.15) is 47.2 Å². The summed E-state index contributed by atoms with van der Waals surface area (Å²) in [5.74, 6) is 0. The van der Waals surface area contributed by atoms with Crippen LogP contribution in [0.5, 0.6) is 0 Å². The first-order valence-corrected chi connectivity index (χ1v) is 19.2. The fourth-order valence-corrected chi connectivity index (χ4v) is 10.4. The fourth-order valence-electron chi connectivity index (χ4n) is 10.1. The van der Waals surface area contributed by atoms with E-state index < -0.39 is 5.41 Å². The summed E-state index contributed by atoms with van der Waals surface area (Å²) >= 11 is 7.13. The van der Waals surface area contributed by atoms with E-state index in [0.29, 0.717) is 0 Å². The van der Waals surface area contributed by atoms with Gasteiger partial charge in [0.1, 0.15) is 0 Å². The van der Waals surface area contributed by atoms with E-state index in [-0.39, 0.29) is 5.41 Å². The molecule has 0 amide bonds. The average molecular weight is 710 g/mol. The summed E-state index contributed by atoms with van der Waals surface area (Å²) in [6.45, 7) is 4.73. The largest absolute Gasteiger partial charge is 0.309 e. The zero-order valence-electron chi connectivity index (χ0n) is 30.1. The number of fused-ring (bicyclic) bond motifs is 13. The molecule has 0 fully saturated rings. The standard InChI is InChI=1S/C52H36ClN/c1-51(2)40-22-10-6-19-36(40)37-31-30-34(32-45(37)51)54(47-28-13-9-18-35(47)33-16-4-3-5-17-33)48-29-15-26-44-50(48)39-21-8-12-24-42(39)52(44)41-23-11-7-20-38(41)49-43(52)25-14-27-46(49)53/h3-32H,1-2H3. The van der Waals surface area contributed by atoms with Gasteiger partial charge in [-0.25, -0.2) is 0 Å². The highest BCUT2D eigenvalue weighted by atomic mass is 35.5. The molecule has 1 spiro atoms. The number of para-hydroxylation sites is 1. The van der Waals surface area contributed by atoms with E-state index in [1.54, 1.807) is 0 Å². The first-order valence-electron chi connectivity index (χ1n) is 18.8. The average Bonchev–Trinajstić information content (AvgIpc) is 3.78. The van der Waals surface area contributed by atoms with E-state index in [1.165, 1.54) is 72.3 Å². The predicted molar refractivity (Wildman–Crippen MR) is 225 cm³/mol. The van der Waals surface area contributed by atoms with Crippen molar-refractivity contribution in [3.8, 4) is 44.5 Å². The van der Waals surface area contributed by atoms with Crippen molar-refractivity contribution in [3.63, 3.8) is 0 Å². The Labute approximate surface area is 321 Å². The van der Waals surface area contributed by atoms with Gasteiger partial charge in [0.25, 0.3) is 0 Å². The third kappa shape index (κ3) is 4.05. The van der Waals surface area contributed by atoms with Crippen LogP contribution in [0.4, 0.5) is 17.1 Å².